The van der Waals surface area contributed by atoms with Gasteiger partial charge in [-0.15, -0.1) is 10.2 Å². The smallest absolute Gasteiger partial charge is 0.229 e. The molecular weight excluding hydrogens is 364 g/mol. The maximum absolute atomic E-state index is 12.5. The summed E-state index contributed by atoms with van der Waals surface area (Å²) in [6, 6.07) is 8.65. The van der Waals surface area contributed by atoms with Crippen molar-refractivity contribution < 1.29 is 4.79 Å². The first-order valence-corrected chi connectivity index (χ1v) is 11.0. The first kappa shape index (κ1) is 19.3. The average molecular weight is 391 g/mol. The van der Waals surface area contributed by atoms with Gasteiger partial charge in [-0.3, -0.25) is 9.69 Å². The molecule has 0 aliphatic carbocycles. The molecule has 1 aromatic carbocycles. The minimum absolute atomic E-state index is 0.0689. The molecule has 0 unspecified atom stereocenters. The van der Waals surface area contributed by atoms with E-state index in [0.717, 1.165) is 49.0 Å². The second-order valence-corrected chi connectivity index (χ2v) is 9.07. The van der Waals surface area contributed by atoms with Crippen molar-refractivity contribution in [3.8, 4) is 0 Å². The van der Waals surface area contributed by atoms with E-state index >= 15 is 0 Å². The summed E-state index contributed by atoms with van der Waals surface area (Å²) in [6.07, 6.45) is 2.90. The van der Waals surface area contributed by atoms with E-state index in [9.17, 15) is 4.79 Å². The molecule has 1 N–H and O–H groups in total. The van der Waals surface area contributed by atoms with E-state index in [0.29, 0.717) is 5.13 Å². The van der Waals surface area contributed by atoms with E-state index in [2.05, 4.69) is 58.5 Å². The zero-order chi connectivity index (χ0) is 18.4. The van der Waals surface area contributed by atoms with Gasteiger partial charge in [0, 0.05) is 18.2 Å². The summed E-state index contributed by atoms with van der Waals surface area (Å²) >= 11 is 3.16. The molecule has 140 valence electrons. The third-order valence-corrected chi connectivity index (χ3v) is 6.69. The first-order valence-electron chi connectivity index (χ1n) is 9.19. The summed E-state index contributed by atoms with van der Waals surface area (Å²) in [7, 11) is 0. The number of thioether (sulfide) groups is 1. The van der Waals surface area contributed by atoms with Crippen LogP contribution in [0, 0.1) is 12.8 Å². The number of nitrogens with one attached hydrogen (secondary N) is 1. The normalized spacial score (nSPS) is 15.9. The molecule has 26 heavy (non-hydrogen) atoms. The van der Waals surface area contributed by atoms with Gasteiger partial charge in [-0.1, -0.05) is 59.9 Å². The van der Waals surface area contributed by atoms with Crippen LogP contribution in [-0.2, 0) is 11.3 Å². The fourth-order valence-corrected chi connectivity index (χ4v) is 4.82. The molecule has 3 rings (SSSR count). The molecule has 0 bridgehead atoms. The highest BCUT2D eigenvalue weighted by Gasteiger charge is 2.25. The highest BCUT2D eigenvalue weighted by atomic mass is 32.2. The lowest BCUT2D eigenvalue weighted by Gasteiger charge is -2.31. The SMILES string of the molecule is CCCSc1nnc(NC(=O)C2CCN(Cc3cccc(C)c3)CC2)s1. The van der Waals surface area contributed by atoms with Crippen molar-refractivity contribution in [1.29, 1.82) is 0 Å². The Labute approximate surface area is 163 Å². The minimum atomic E-state index is 0.0689. The zero-order valence-corrected chi connectivity index (χ0v) is 17.0. The molecule has 0 spiro atoms. The van der Waals surface area contributed by atoms with E-state index < -0.39 is 0 Å². The lowest BCUT2D eigenvalue weighted by molar-refractivity contribution is -0.121. The highest BCUT2D eigenvalue weighted by Crippen LogP contribution is 2.27. The number of hydrogen-bond donors (Lipinski definition) is 1. The summed E-state index contributed by atoms with van der Waals surface area (Å²) in [5.74, 6) is 1.19. The van der Waals surface area contributed by atoms with Crippen molar-refractivity contribution >= 4 is 34.1 Å². The van der Waals surface area contributed by atoms with Gasteiger partial charge in [0.2, 0.25) is 11.0 Å². The Kier molecular flexibility index (Phi) is 7.05. The molecule has 1 saturated heterocycles. The summed E-state index contributed by atoms with van der Waals surface area (Å²) in [6.45, 7) is 7.14. The van der Waals surface area contributed by atoms with Crippen molar-refractivity contribution in [3.05, 3.63) is 35.4 Å². The van der Waals surface area contributed by atoms with Gasteiger partial charge in [-0.2, -0.15) is 0 Å². The Hall–Kier alpha value is -1.44. The first-order chi connectivity index (χ1) is 12.6. The number of aryl methyl sites for hydroxylation is 1. The van der Waals surface area contributed by atoms with Crippen LogP contribution in [0.5, 0.6) is 0 Å². The van der Waals surface area contributed by atoms with Gasteiger partial charge in [0.1, 0.15) is 0 Å². The molecular formula is C19H26N4OS2. The summed E-state index contributed by atoms with van der Waals surface area (Å²) in [4.78, 5) is 14.9. The molecule has 0 atom stereocenters. The number of carbonyl (C=O) groups excluding carboxylic acids is 1. The molecule has 2 aromatic rings. The third kappa shape index (κ3) is 5.53. The number of nitrogens with zero attached hydrogens (tertiary/aromatic N) is 3. The molecule has 1 fully saturated rings. The number of rotatable bonds is 7. The van der Waals surface area contributed by atoms with Gasteiger partial charge in [0.05, 0.1) is 0 Å². The third-order valence-electron chi connectivity index (χ3n) is 4.51. The van der Waals surface area contributed by atoms with Crippen LogP contribution in [0.15, 0.2) is 28.6 Å². The summed E-state index contributed by atoms with van der Waals surface area (Å²) in [5.41, 5.74) is 2.64. The number of piperidine rings is 1. The number of likely N-dealkylation sites (tertiary alicyclic amines) is 1. The quantitative estimate of drug-likeness (QED) is 0.567. The Bertz CT molecular complexity index is 726. The fraction of sp³-hybridized carbons (Fsp3) is 0.526. The lowest BCUT2D eigenvalue weighted by atomic mass is 9.95. The van der Waals surface area contributed by atoms with Crippen LogP contribution in [0.1, 0.15) is 37.3 Å². The Morgan fingerprint density at radius 1 is 1.35 bits per heavy atom. The largest absolute Gasteiger partial charge is 0.300 e. The van der Waals surface area contributed by atoms with Crippen molar-refractivity contribution in [2.24, 2.45) is 5.92 Å². The second-order valence-electron chi connectivity index (χ2n) is 6.75. The lowest BCUT2D eigenvalue weighted by Crippen LogP contribution is -2.37. The van der Waals surface area contributed by atoms with Crippen molar-refractivity contribution in [3.63, 3.8) is 0 Å². The van der Waals surface area contributed by atoms with E-state index in [1.54, 1.807) is 11.8 Å². The highest BCUT2D eigenvalue weighted by molar-refractivity contribution is 8.01. The van der Waals surface area contributed by atoms with E-state index in [1.807, 2.05) is 0 Å². The number of benzene rings is 1. The van der Waals surface area contributed by atoms with Gasteiger partial charge >= 0.3 is 0 Å². The standard InChI is InChI=1S/C19H26N4OS2/c1-3-11-25-19-22-21-18(26-19)20-17(24)16-7-9-23(10-8-16)13-15-6-4-5-14(2)12-15/h4-6,12,16H,3,7-11,13H2,1-2H3,(H,20,21,24). The second kappa shape index (κ2) is 9.48. The van der Waals surface area contributed by atoms with Crippen LogP contribution in [0.4, 0.5) is 5.13 Å². The maximum atomic E-state index is 12.5. The van der Waals surface area contributed by atoms with Gasteiger partial charge in [-0.25, -0.2) is 0 Å². The minimum Gasteiger partial charge on any atom is -0.300 e. The van der Waals surface area contributed by atoms with Crippen LogP contribution in [0.25, 0.3) is 0 Å². The zero-order valence-electron chi connectivity index (χ0n) is 15.4. The summed E-state index contributed by atoms with van der Waals surface area (Å²) < 4.78 is 0.926. The number of amides is 1. The Balaban J connectivity index is 1.45. The van der Waals surface area contributed by atoms with Gasteiger partial charge in [-0.05, 0) is 44.8 Å². The van der Waals surface area contributed by atoms with Crippen LogP contribution in [-0.4, -0.2) is 39.8 Å². The van der Waals surface area contributed by atoms with E-state index in [1.165, 1.54) is 22.5 Å². The molecule has 1 aliphatic rings. The van der Waals surface area contributed by atoms with Gasteiger partial charge in [0.25, 0.3) is 0 Å². The molecule has 2 heterocycles. The van der Waals surface area contributed by atoms with Crippen molar-refractivity contribution in [2.45, 2.75) is 44.0 Å². The number of anilines is 1. The molecule has 1 amide bonds. The number of hydrogen-bond acceptors (Lipinski definition) is 6. The Morgan fingerprint density at radius 3 is 2.88 bits per heavy atom. The van der Waals surface area contributed by atoms with Crippen LogP contribution in [0.2, 0.25) is 0 Å². The predicted molar refractivity (Wildman–Crippen MR) is 109 cm³/mol. The molecule has 1 aliphatic heterocycles. The number of carbonyl (C=O) groups is 1. The monoisotopic (exact) mass is 390 g/mol. The fourth-order valence-electron chi connectivity index (χ4n) is 3.14. The molecule has 7 heteroatoms. The molecule has 5 nitrogen and oxygen atoms in total. The van der Waals surface area contributed by atoms with Gasteiger partial charge < -0.3 is 5.32 Å². The topological polar surface area (TPSA) is 58.1 Å². The van der Waals surface area contributed by atoms with E-state index in [-0.39, 0.29) is 11.8 Å². The van der Waals surface area contributed by atoms with E-state index in [4.69, 9.17) is 0 Å². The van der Waals surface area contributed by atoms with Crippen LogP contribution >= 0.6 is 23.1 Å². The molecule has 0 radical (unpaired) electrons. The predicted octanol–water partition coefficient (Wildman–Crippen LogP) is 4.20. The van der Waals surface area contributed by atoms with Crippen LogP contribution in [0.3, 0.4) is 0 Å². The Morgan fingerprint density at radius 2 is 2.15 bits per heavy atom. The molecule has 0 saturated carbocycles. The van der Waals surface area contributed by atoms with Gasteiger partial charge in [0.15, 0.2) is 4.34 Å². The van der Waals surface area contributed by atoms with Crippen LogP contribution < -0.4 is 5.32 Å². The number of aromatic nitrogens is 2. The van der Waals surface area contributed by atoms with Crippen molar-refractivity contribution in [2.75, 3.05) is 24.2 Å². The summed E-state index contributed by atoms with van der Waals surface area (Å²) in [5, 5.41) is 11.8. The average Bonchev–Trinajstić information content (AvgIpc) is 3.08. The van der Waals surface area contributed by atoms with Crippen molar-refractivity contribution in [1.82, 2.24) is 15.1 Å². The maximum Gasteiger partial charge on any atom is 0.229 e. The molecule has 1 aromatic heterocycles.